The smallest absolute Gasteiger partial charge is 0.0889 e. The minimum Gasteiger partial charge on any atom is -0.254 e. The fourth-order valence-electron chi connectivity index (χ4n) is 1.84. The Labute approximate surface area is 89.0 Å². The molecular formula is C13H12N2. The zero-order valence-corrected chi connectivity index (χ0v) is 8.70. The zero-order valence-electron chi connectivity index (χ0n) is 8.70. The highest BCUT2D eigenvalue weighted by molar-refractivity contribution is 5.57. The lowest BCUT2D eigenvalue weighted by atomic mass is 9.90. The van der Waals surface area contributed by atoms with Gasteiger partial charge in [0.2, 0.25) is 0 Å². The number of aryl methyl sites for hydroxylation is 3. The zero-order chi connectivity index (χ0) is 10.3. The first kappa shape index (κ1) is 8.60. The number of rotatable bonds is 1. The van der Waals surface area contributed by atoms with Crippen LogP contribution in [0.15, 0.2) is 30.6 Å². The third kappa shape index (κ3) is 1.42. The molecule has 74 valence electrons. The Morgan fingerprint density at radius 2 is 1.73 bits per heavy atom. The molecule has 2 aromatic heterocycles. The van der Waals surface area contributed by atoms with Crippen molar-refractivity contribution in [2.24, 2.45) is 0 Å². The van der Waals surface area contributed by atoms with E-state index in [2.05, 4.69) is 22.1 Å². The fraction of sp³-hybridized carbons (Fsp3) is 0.231. The Hall–Kier alpha value is -1.70. The average molecular weight is 196 g/mol. The van der Waals surface area contributed by atoms with E-state index in [0.29, 0.717) is 0 Å². The Morgan fingerprint density at radius 3 is 2.33 bits per heavy atom. The normalized spacial score (nSPS) is 13.1. The molecule has 15 heavy (non-hydrogen) atoms. The summed E-state index contributed by atoms with van der Waals surface area (Å²) < 4.78 is 0. The number of fused-ring (bicyclic) bond motifs is 1. The van der Waals surface area contributed by atoms with Crippen LogP contribution in [0.4, 0.5) is 0 Å². The summed E-state index contributed by atoms with van der Waals surface area (Å²) in [6, 6.07) is 6.27. The van der Waals surface area contributed by atoms with E-state index in [9.17, 15) is 0 Å². The van der Waals surface area contributed by atoms with Gasteiger partial charge in [-0.2, -0.15) is 0 Å². The predicted octanol–water partition coefficient (Wildman–Crippen LogP) is 2.55. The summed E-state index contributed by atoms with van der Waals surface area (Å²) in [4.78, 5) is 8.81. The molecule has 2 nitrogen and oxygen atoms in total. The molecule has 1 aliphatic carbocycles. The van der Waals surface area contributed by atoms with E-state index in [1.54, 1.807) is 0 Å². The van der Waals surface area contributed by atoms with Gasteiger partial charge >= 0.3 is 0 Å². The van der Waals surface area contributed by atoms with E-state index < -0.39 is 0 Å². The van der Waals surface area contributed by atoms with E-state index in [1.807, 2.05) is 25.4 Å². The molecule has 0 unspecified atom stereocenters. The van der Waals surface area contributed by atoms with Crippen molar-refractivity contribution in [3.63, 3.8) is 0 Å². The van der Waals surface area contributed by atoms with E-state index in [0.717, 1.165) is 11.4 Å². The van der Waals surface area contributed by atoms with Crippen LogP contribution in [0, 0.1) is 6.92 Å². The average Bonchev–Trinajstić information content (AvgIpc) is 2.22. The summed E-state index contributed by atoms with van der Waals surface area (Å²) in [5.74, 6) is 0. The van der Waals surface area contributed by atoms with Crippen LogP contribution in [0.5, 0.6) is 0 Å². The Kier molecular flexibility index (Phi) is 1.81. The first-order valence-corrected chi connectivity index (χ1v) is 5.24. The van der Waals surface area contributed by atoms with E-state index in [-0.39, 0.29) is 0 Å². The van der Waals surface area contributed by atoms with Crippen molar-refractivity contribution < 1.29 is 0 Å². The third-order valence-corrected chi connectivity index (χ3v) is 2.92. The molecule has 2 heteroatoms. The predicted molar refractivity (Wildman–Crippen MR) is 59.6 cm³/mol. The van der Waals surface area contributed by atoms with E-state index >= 15 is 0 Å². The lowest BCUT2D eigenvalue weighted by Crippen LogP contribution is -2.09. The highest BCUT2D eigenvalue weighted by Crippen LogP contribution is 2.25. The molecule has 0 amide bonds. The van der Waals surface area contributed by atoms with Crippen LogP contribution in [0.25, 0.3) is 11.4 Å². The lowest BCUT2D eigenvalue weighted by Gasteiger charge is -2.18. The summed E-state index contributed by atoms with van der Waals surface area (Å²) in [5.41, 5.74) is 5.97. The van der Waals surface area contributed by atoms with Crippen LogP contribution in [0.2, 0.25) is 0 Å². The van der Waals surface area contributed by atoms with E-state index in [4.69, 9.17) is 0 Å². The second-order valence-electron chi connectivity index (χ2n) is 4.06. The summed E-state index contributed by atoms with van der Waals surface area (Å²) in [7, 11) is 0. The maximum absolute atomic E-state index is 4.43. The minimum atomic E-state index is 0.968. The molecule has 1 aliphatic rings. The van der Waals surface area contributed by atoms with Gasteiger partial charge in [-0.3, -0.25) is 9.97 Å². The number of hydrogen-bond acceptors (Lipinski definition) is 2. The van der Waals surface area contributed by atoms with Crippen molar-refractivity contribution in [3.8, 4) is 11.4 Å². The molecule has 0 saturated heterocycles. The summed E-state index contributed by atoms with van der Waals surface area (Å²) in [6.07, 6.45) is 6.24. The third-order valence-electron chi connectivity index (χ3n) is 2.92. The number of aromatic nitrogens is 2. The summed E-state index contributed by atoms with van der Waals surface area (Å²) in [5, 5.41) is 0. The fourth-order valence-corrected chi connectivity index (χ4v) is 1.84. The monoisotopic (exact) mass is 196 g/mol. The molecule has 0 spiro atoms. The molecule has 0 radical (unpaired) electrons. The molecule has 2 heterocycles. The first-order valence-electron chi connectivity index (χ1n) is 5.24. The van der Waals surface area contributed by atoms with Gasteiger partial charge in [-0.1, -0.05) is 6.07 Å². The second kappa shape index (κ2) is 3.16. The van der Waals surface area contributed by atoms with Gasteiger partial charge in [-0.15, -0.1) is 0 Å². The first-order chi connectivity index (χ1) is 7.33. The van der Waals surface area contributed by atoms with Crippen LogP contribution in [0.1, 0.15) is 16.7 Å². The Balaban J connectivity index is 2.05. The van der Waals surface area contributed by atoms with Crippen molar-refractivity contribution in [3.05, 3.63) is 47.3 Å². The molecular weight excluding hydrogens is 184 g/mol. The molecule has 3 rings (SSSR count). The van der Waals surface area contributed by atoms with Crippen LogP contribution in [0.3, 0.4) is 0 Å². The molecule has 0 atom stereocenters. The van der Waals surface area contributed by atoms with Gasteiger partial charge in [-0.25, -0.2) is 0 Å². The lowest BCUT2D eigenvalue weighted by molar-refractivity contribution is 0.827. The summed E-state index contributed by atoms with van der Waals surface area (Å²) in [6.45, 7) is 2.04. The van der Waals surface area contributed by atoms with Gasteiger partial charge in [0.1, 0.15) is 0 Å². The minimum absolute atomic E-state index is 0.968. The van der Waals surface area contributed by atoms with Gasteiger partial charge < -0.3 is 0 Å². The van der Waals surface area contributed by atoms with E-state index in [1.165, 1.54) is 29.5 Å². The molecule has 0 aromatic carbocycles. The standard InChI is InChI=1S/C13H12N2/c1-9-2-5-12(14-7-9)13-6-10-3-4-11(10)8-15-13/h2,5-8H,3-4H2,1H3. The quantitative estimate of drug-likeness (QED) is 0.700. The molecule has 0 saturated carbocycles. The van der Waals surface area contributed by atoms with Crippen molar-refractivity contribution in [1.29, 1.82) is 0 Å². The van der Waals surface area contributed by atoms with Crippen LogP contribution < -0.4 is 0 Å². The highest BCUT2D eigenvalue weighted by atomic mass is 14.8. The largest absolute Gasteiger partial charge is 0.254 e. The van der Waals surface area contributed by atoms with Crippen molar-refractivity contribution in [2.45, 2.75) is 19.8 Å². The van der Waals surface area contributed by atoms with Crippen molar-refractivity contribution in [1.82, 2.24) is 9.97 Å². The van der Waals surface area contributed by atoms with Gasteiger partial charge in [0.05, 0.1) is 11.4 Å². The van der Waals surface area contributed by atoms with Crippen molar-refractivity contribution in [2.75, 3.05) is 0 Å². The van der Waals surface area contributed by atoms with Crippen LogP contribution in [-0.2, 0) is 12.8 Å². The van der Waals surface area contributed by atoms with Gasteiger partial charge in [0, 0.05) is 12.4 Å². The molecule has 0 N–H and O–H groups in total. The van der Waals surface area contributed by atoms with Crippen LogP contribution in [-0.4, -0.2) is 9.97 Å². The summed E-state index contributed by atoms with van der Waals surface area (Å²) >= 11 is 0. The molecule has 0 bridgehead atoms. The van der Waals surface area contributed by atoms with Crippen LogP contribution >= 0.6 is 0 Å². The topological polar surface area (TPSA) is 25.8 Å². The number of hydrogen-bond donors (Lipinski definition) is 0. The van der Waals surface area contributed by atoms with Gasteiger partial charge in [-0.05, 0) is 48.6 Å². The Bertz CT molecular complexity index is 500. The SMILES string of the molecule is Cc1ccc(-c2cc3c(cn2)CC3)nc1. The highest BCUT2D eigenvalue weighted by Gasteiger charge is 2.14. The number of pyridine rings is 2. The van der Waals surface area contributed by atoms with Crippen molar-refractivity contribution >= 4 is 0 Å². The molecule has 0 aliphatic heterocycles. The number of nitrogens with zero attached hydrogens (tertiary/aromatic N) is 2. The Morgan fingerprint density at radius 1 is 0.933 bits per heavy atom. The second-order valence-corrected chi connectivity index (χ2v) is 4.06. The van der Waals surface area contributed by atoms with Gasteiger partial charge in [0.25, 0.3) is 0 Å². The maximum atomic E-state index is 4.43. The maximum Gasteiger partial charge on any atom is 0.0889 e. The van der Waals surface area contributed by atoms with Gasteiger partial charge in [0.15, 0.2) is 0 Å². The molecule has 2 aromatic rings. The molecule has 0 fully saturated rings.